The first-order chi connectivity index (χ1) is 9.63. The number of ether oxygens (including phenoxy) is 2. The van der Waals surface area contributed by atoms with Crippen LogP contribution in [0.1, 0.15) is 31.9 Å². The second-order valence-electron chi connectivity index (χ2n) is 4.85. The molecule has 5 heteroatoms. The molecule has 2 N–H and O–H groups in total. The maximum Gasteiger partial charge on any atom is 0.166 e. The van der Waals surface area contributed by atoms with Gasteiger partial charge in [0, 0.05) is 30.6 Å². The number of thiocarbonyl (C=S) groups is 1. The minimum atomic E-state index is 0.241. The fourth-order valence-electron chi connectivity index (χ4n) is 2.31. The Morgan fingerprint density at radius 3 is 2.90 bits per heavy atom. The van der Waals surface area contributed by atoms with E-state index in [9.17, 15) is 0 Å². The number of hydrogen-bond acceptors (Lipinski definition) is 3. The monoisotopic (exact) mass is 294 g/mol. The molecule has 0 radical (unpaired) electrons. The Balaban J connectivity index is 2.14. The van der Waals surface area contributed by atoms with Crippen LogP contribution < -0.4 is 20.1 Å². The van der Waals surface area contributed by atoms with E-state index in [1.165, 1.54) is 5.56 Å². The first-order valence-electron chi connectivity index (χ1n) is 7.11. The van der Waals surface area contributed by atoms with Crippen molar-refractivity contribution in [1.82, 2.24) is 10.6 Å². The number of benzene rings is 1. The van der Waals surface area contributed by atoms with E-state index in [-0.39, 0.29) is 6.10 Å². The summed E-state index contributed by atoms with van der Waals surface area (Å²) in [6.45, 7) is 8.19. The zero-order valence-corrected chi connectivity index (χ0v) is 13.1. The minimum absolute atomic E-state index is 0.241. The Bertz CT molecular complexity index is 491. The third-order valence-corrected chi connectivity index (χ3v) is 3.44. The average Bonchev–Trinajstić information content (AvgIpc) is 2.76. The lowest BCUT2D eigenvalue weighted by Crippen LogP contribution is -2.34. The number of hydrogen-bond donors (Lipinski definition) is 2. The van der Waals surface area contributed by atoms with E-state index in [1.807, 2.05) is 13.8 Å². The third-order valence-electron chi connectivity index (χ3n) is 3.16. The van der Waals surface area contributed by atoms with Crippen LogP contribution in [-0.4, -0.2) is 24.4 Å². The zero-order valence-electron chi connectivity index (χ0n) is 12.3. The van der Waals surface area contributed by atoms with Crippen LogP contribution in [0.5, 0.6) is 11.5 Å². The largest absolute Gasteiger partial charge is 0.494 e. The smallest absolute Gasteiger partial charge is 0.166 e. The molecule has 1 aliphatic rings. The van der Waals surface area contributed by atoms with Crippen molar-refractivity contribution in [3.63, 3.8) is 0 Å². The first kappa shape index (κ1) is 14.9. The molecular formula is C15H22N2O2S. The van der Waals surface area contributed by atoms with Gasteiger partial charge < -0.3 is 20.1 Å². The van der Waals surface area contributed by atoms with Crippen LogP contribution in [0.3, 0.4) is 0 Å². The van der Waals surface area contributed by atoms with Gasteiger partial charge in [-0.3, -0.25) is 0 Å². The number of fused-ring (bicyclic) bond motifs is 1. The molecule has 2 rings (SSSR count). The van der Waals surface area contributed by atoms with Crippen molar-refractivity contribution < 1.29 is 9.47 Å². The first-order valence-corrected chi connectivity index (χ1v) is 7.51. The molecule has 1 aromatic carbocycles. The van der Waals surface area contributed by atoms with Gasteiger partial charge in [-0.1, -0.05) is 0 Å². The molecular weight excluding hydrogens is 272 g/mol. The van der Waals surface area contributed by atoms with E-state index >= 15 is 0 Å². The van der Waals surface area contributed by atoms with Crippen LogP contribution in [0.15, 0.2) is 12.1 Å². The van der Waals surface area contributed by atoms with Crippen molar-refractivity contribution in [1.29, 1.82) is 0 Å². The third kappa shape index (κ3) is 3.54. The van der Waals surface area contributed by atoms with Crippen LogP contribution in [0, 0.1) is 0 Å². The van der Waals surface area contributed by atoms with Gasteiger partial charge in [-0.25, -0.2) is 0 Å². The second-order valence-corrected chi connectivity index (χ2v) is 5.25. The summed E-state index contributed by atoms with van der Waals surface area (Å²) in [5.41, 5.74) is 2.29. The van der Waals surface area contributed by atoms with Gasteiger partial charge in [0.2, 0.25) is 0 Å². The summed E-state index contributed by atoms with van der Waals surface area (Å²) in [6, 6.07) is 4.15. The average molecular weight is 294 g/mol. The Kier molecular flexibility index (Phi) is 5.06. The van der Waals surface area contributed by atoms with E-state index in [2.05, 4.69) is 29.7 Å². The molecule has 1 aromatic rings. The summed E-state index contributed by atoms with van der Waals surface area (Å²) < 4.78 is 11.5. The van der Waals surface area contributed by atoms with Gasteiger partial charge in [-0.15, -0.1) is 0 Å². The quantitative estimate of drug-likeness (QED) is 0.816. The Morgan fingerprint density at radius 1 is 1.40 bits per heavy atom. The summed E-state index contributed by atoms with van der Waals surface area (Å²) in [6.07, 6.45) is 1.18. The molecule has 1 atom stereocenters. The predicted molar refractivity (Wildman–Crippen MR) is 84.5 cm³/mol. The molecule has 0 bridgehead atoms. The van der Waals surface area contributed by atoms with Crippen LogP contribution in [0.2, 0.25) is 0 Å². The SMILES string of the molecule is CCNC(=S)NCc1cc2c(cc1OCC)C[C@@H](C)O2. The van der Waals surface area contributed by atoms with E-state index in [4.69, 9.17) is 21.7 Å². The summed E-state index contributed by atoms with van der Waals surface area (Å²) >= 11 is 5.18. The summed E-state index contributed by atoms with van der Waals surface area (Å²) in [4.78, 5) is 0. The van der Waals surface area contributed by atoms with Crippen molar-refractivity contribution >= 4 is 17.3 Å². The minimum Gasteiger partial charge on any atom is -0.494 e. The highest BCUT2D eigenvalue weighted by Crippen LogP contribution is 2.35. The van der Waals surface area contributed by atoms with Crippen LogP contribution >= 0.6 is 12.2 Å². The highest BCUT2D eigenvalue weighted by molar-refractivity contribution is 7.80. The van der Waals surface area contributed by atoms with Crippen LogP contribution in [0.25, 0.3) is 0 Å². The Morgan fingerprint density at radius 2 is 2.20 bits per heavy atom. The predicted octanol–water partition coefficient (Wildman–Crippen LogP) is 2.39. The lowest BCUT2D eigenvalue weighted by Gasteiger charge is -2.14. The highest BCUT2D eigenvalue weighted by Gasteiger charge is 2.21. The Hall–Kier alpha value is -1.49. The van der Waals surface area contributed by atoms with E-state index < -0.39 is 0 Å². The molecule has 0 aromatic heterocycles. The summed E-state index contributed by atoms with van der Waals surface area (Å²) in [7, 11) is 0. The van der Waals surface area contributed by atoms with Gasteiger partial charge in [-0.05, 0) is 45.1 Å². The fraction of sp³-hybridized carbons (Fsp3) is 0.533. The molecule has 0 unspecified atom stereocenters. The lowest BCUT2D eigenvalue weighted by molar-refractivity contribution is 0.254. The zero-order chi connectivity index (χ0) is 14.5. The summed E-state index contributed by atoms with van der Waals surface area (Å²) in [5.74, 6) is 1.88. The highest BCUT2D eigenvalue weighted by atomic mass is 32.1. The molecule has 0 saturated carbocycles. The van der Waals surface area contributed by atoms with Gasteiger partial charge in [-0.2, -0.15) is 0 Å². The number of nitrogens with one attached hydrogen (secondary N) is 2. The van der Waals surface area contributed by atoms with Crippen LogP contribution in [-0.2, 0) is 13.0 Å². The van der Waals surface area contributed by atoms with E-state index in [0.717, 1.165) is 30.0 Å². The molecule has 1 aliphatic heterocycles. The van der Waals surface area contributed by atoms with Gasteiger partial charge in [0.05, 0.1) is 6.61 Å². The second kappa shape index (κ2) is 6.79. The molecule has 0 saturated heterocycles. The Labute approximate surface area is 125 Å². The molecule has 20 heavy (non-hydrogen) atoms. The van der Waals surface area contributed by atoms with E-state index in [0.29, 0.717) is 18.3 Å². The fourth-order valence-corrected chi connectivity index (χ4v) is 2.52. The van der Waals surface area contributed by atoms with Crippen LogP contribution in [0.4, 0.5) is 0 Å². The molecule has 0 amide bonds. The number of rotatable bonds is 5. The molecule has 110 valence electrons. The van der Waals surface area contributed by atoms with E-state index in [1.54, 1.807) is 0 Å². The molecule has 0 fully saturated rings. The van der Waals surface area contributed by atoms with Crippen molar-refractivity contribution in [2.24, 2.45) is 0 Å². The van der Waals surface area contributed by atoms with Gasteiger partial charge in [0.15, 0.2) is 5.11 Å². The standard InChI is InChI=1S/C15H22N2O2S/c1-4-16-15(20)17-9-12-8-14-11(6-10(3)19-14)7-13(12)18-5-2/h7-8,10H,4-6,9H2,1-3H3,(H2,16,17,20)/t10-/m1/s1. The lowest BCUT2D eigenvalue weighted by atomic mass is 10.1. The maximum absolute atomic E-state index is 5.80. The molecule has 0 spiro atoms. The maximum atomic E-state index is 5.80. The molecule has 0 aliphatic carbocycles. The normalized spacial score (nSPS) is 16.2. The van der Waals surface area contributed by atoms with Crippen molar-refractivity contribution in [2.75, 3.05) is 13.2 Å². The van der Waals surface area contributed by atoms with Gasteiger partial charge in [0.1, 0.15) is 17.6 Å². The molecule has 1 heterocycles. The van der Waals surface area contributed by atoms with Crippen molar-refractivity contribution in [2.45, 2.75) is 39.8 Å². The van der Waals surface area contributed by atoms with Gasteiger partial charge >= 0.3 is 0 Å². The topological polar surface area (TPSA) is 42.5 Å². The molecule has 4 nitrogen and oxygen atoms in total. The van der Waals surface area contributed by atoms with Gasteiger partial charge in [0.25, 0.3) is 0 Å². The van der Waals surface area contributed by atoms with Crippen molar-refractivity contribution in [3.8, 4) is 11.5 Å². The summed E-state index contributed by atoms with van der Waals surface area (Å²) in [5, 5.41) is 6.92. The van der Waals surface area contributed by atoms with Crippen molar-refractivity contribution in [3.05, 3.63) is 23.3 Å².